The number of ether oxygens (including phenoxy) is 1. The Kier molecular flexibility index (Phi) is 4.75. The van der Waals surface area contributed by atoms with E-state index < -0.39 is 11.7 Å². The van der Waals surface area contributed by atoms with Gasteiger partial charge in [0.1, 0.15) is 5.60 Å². The summed E-state index contributed by atoms with van der Waals surface area (Å²) in [7, 11) is 1.99. The van der Waals surface area contributed by atoms with Gasteiger partial charge in [0, 0.05) is 26.0 Å². The van der Waals surface area contributed by atoms with Crippen molar-refractivity contribution in [2.45, 2.75) is 32.9 Å². The summed E-state index contributed by atoms with van der Waals surface area (Å²) in [6.07, 6.45) is 3.60. The summed E-state index contributed by atoms with van der Waals surface area (Å²) < 4.78 is 7.28. The van der Waals surface area contributed by atoms with Crippen LogP contribution in [0.5, 0.6) is 0 Å². The second-order valence-electron chi connectivity index (χ2n) is 6.21. The van der Waals surface area contributed by atoms with Crippen LogP contribution in [-0.4, -0.2) is 16.3 Å². The molecule has 0 aliphatic rings. The standard InChI is InChI=1S/C17H23N3O2/c1-17(2,3)22-16(21)19-15-8-6-5-7-14(15)18-11-13-9-10-20(4)12-13/h5-10,12,18H,11H2,1-4H3,(H,19,21). The van der Waals surface area contributed by atoms with Crippen molar-refractivity contribution in [1.29, 1.82) is 0 Å². The average Bonchev–Trinajstić information content (AvgIpc) is 2.81. The first-order chi connectivity index (χ1) is 10.3. The number of nitrogens with zero attached hydrogens (tertiary/aromatic N) is 1. The molecular formula is C17H23N3O2. The molecule has 2 aromatic rings. The molecule has 0 fully saturated rings. The van der Waals surface area contributed by atoms with Crippen LogP contribution in [0.1, 0.15) is 26.3 Å². The van der Waals surface area contributed by atoms with Crippen molar-refractivity contribution in [1.82, 2.24) is 4.57 Å². The van der Waals surface area contributed by atoms with E-state index in [9.17, 15) is 4.79 Å². The number of hydrogen-bond acceptors (Lipinski definition) is 3. The summed E-state index contributed by atoms with van der Waals surface area (Å²) in [5, 5.41) is 6.11. The second-order valence-corrected chi connectivity index (χ2v) is 6.21. The van der Waals surface area contributed by atoms with Gasteiger partial charge in [0.05, 0.1) is 11.4 Å². The Hall–Kier alpha value is -2.43. The topological polar surface area (TPSA) is 55.3 Å². The SMILES string of the molecule is Cn1ccc(CNc2ccccc2NC(=O)OC(C)(C)C)c1. The Morgan fingerprint density at radius 1 is 1.18 bits per heavy atom. The summed E-state index contributed by atoms with van der Waals surface area (Å²) in [5.74, 6) is 0. The highest BCUT2D eigenvalue weighted by atomic mass is 16.6. The maximum absolute atomic E-state index is 11.9. The van der Waals surface area contributed by atoms with Gasteiger partial charge in [-0.05, 0) is 44.5 Å². The summed E-state index contributed by atoms with van der Waals surface area (Å²) in [5.41, 5.74) is 2.22. The smallest absolute Gasteiger partial charge is 0.412 e. The zero-order valence-corrected chi connectivity index (χ0v) is 13.5. The lowest BCUT2D eigenvalue weighted by atomic mass is 10.2. The van der Waals surface area contributed by atoms with Gasteiger partial charge in [-0.2, -0.15) is 0 Å². The second kappa shape index (κ2) is 6.56. The van der Waals surface area contributed by atoms with Gasteiger partial charge in [0.25, 0.3) is 0 Å². The van der Waals surface area contributed by atoms with Crippen molar-refractivity contribution in [2.24, 2.45) is 7.05 Å². The Labute approximate surface area is 131 Å². The fraction of sp³-hybridized carbons (Fsp3) is 0.353. The van der Waals surface area contributed by atoms with Gasteiger partial charge in [-0.3, -0.25) is 5.32 Å². The van der Waals surface area contributed by atoms with Crippen molar-refractivity contribution in [3.8, 4) is 0 Å². The zero-order valence-electron chi connectivity index (χ0n) is 13.5. The summed E-state index contributed by atoms with van der Waals surface area (Å²) in [6.45, 7) is 6.21. The molecule has 0 unspecified atom stereocenters. The molecule has 2 rings (SSSR count). The van der Waals surface area contributed by atoms with E-state index in [0.29, 0.717) is 12.2 Å². The molecular weight excluding hydrogens is 278 g/mol. The molecule has 1 heterocycles. The molecule has 0 radical (unpaired) electrons. The lowest BCUT2D eigenvalue weighted by molar-refractivity contribution is 0.0636. The number of aromatic nitrogens is 1. The highest BCUT2D eigenvalue weighted by Gasteiger charge is 2.17. The van der Waals surface area contributed by atoms with Crippen LogP contribution in [-0.2, 0) is 18.3 Å². The van der Waals surface area contributed by atoms with Crippen LogP contribution in [0.3, 0.4) is 0 Å². The molecule has 1 aromatic carbocycles. The van der Waals surface area contributed by atoms with Gasteiger partial charge in [0.2, 0.25) is 0 Å². The lowest BCUT2D eigenvalue weighted by Crippen LogP contribution is -2.27. The Morgan fingerprint density at radius 3 is 2.45 bits per heavy atom. The molecule has 0 spiro atoms. The zero-order chi connectivity index (χ0) is 16.2. The number of rotatable bonds is 4. The number of hydrogen-bond donors (Lipinski definition) is 2. The number of carbonyl (C=O) groups is 1. The van der Waals surface area contributed by atoms with E-state index >= 15 is 0 Å². The highest BCUT2D eigenvalue weighted by Crippen LogP contribution is 2.22. The number of nitrogens with one attached hydrogen (secondary N) is 2. The van der Waals surface area contributed by atoms with Gasteiger partial charge < -0.3 is 14.6 Å². The fourth-order valence-corrected chi connectivity index (χ4v) is 2.02. The molecule has 22 heavy (non-hydrogen) atoms. The van der Waals surface area contributed by atoms with E-state index in [4.69, 9.17) is 4.74 Å². The number of aryl methyl sites for hydroxylation is 1. The Morgan fingerprint density at radius 2 is 1.86 bits per heavy atom. The molecule has 5 nitrogen and oxygen atoms in total. The molecule has 1 aromatic heterocycles. The van der Waals surface area contributed by atoms with Gasteiger partial charge in [-0.15, -0.1) is 0 Å². The predicted octanol–water partition coefficient (Wildman–Crippen LogP) is 3.98. The van der Waals surface area contributed by atoms with Gasteiger partial charge in [-0.1, -0.05) is 12.1 Å². The van der Waals surface area contributed by atoms with Gasteiger partial charge in [-0.25, -0.2) is 4.79 Å². The minimum Gasteiger partial charge on any atom is -0.444 e. The monoisotopic (exact) mass is 301 g/mol. The average molecular weight is 301 g/mol. The van der Waals surface area contributed by atoms with Crippen LogP contribution in [0.4, 0.5) is 16.2 Å². The van der Waals surface area contributed by atoms with E-state index in [2.05, 4.69) is 22.9 Å². The maximum Gasteiger partial charge on any atom is 0.412 e. The molecule has 2 N–H and O–H groups in total. The predicted molar refractivity (Wildman–Crippen MR) is 89.0 cm³/mol. The largest absolute Gasteiger partial charge is 0.444 e. The minimum absolute atomic E-state index is 0.457. The fourth-order valence-electron chi connectivity index (χ4n) is 2.02. The molecule has 118 valence electrons. The summed E-state index contributed by atoms with van der Waals surface area (Å²) in [4.78, 5) is 11.9. The third-order valence-corrected chi connectivity index (χ3v) is 2.94. The third kappa shape index (κ3) is 4.84. The normalized spacial score (nSPS) is 11.1. The first-order valence-electron chi connectivity index (χ1n) is 7.27. The van der Waals surface area contributed by atoms with Crippen molar-refractivity contribution in [2.75, 3.05) is 10.6 Å². The van der Waals surface area contributed by atoms with Crippen molar-refractivity contribution in [3.63, 3.8) is 0 Å². The van der Waals surface area contributed by atoms with Crippen LogP contribution >= 0.6 is 0 Å². The molecule has 0 aliphatic carbocycles. The quantitative estimate of drug-likeness (QED) is 0.898. The van der Waals surface area contributed by atoms with Crippen LogP contribution in [0, 0.1) is 0 Å². The van der Waals surface area contributed by atoms with Gasteiger partial charge in [0.15, 0.2) is 0 Å². The van der Waals surface area contributed by atoms with Gasteiger partial charge >= 0.3 is 6.09 Å². The van der Waals surface area contributed by atoms with E-state index in [1.54, 1.807) is 0 Å². The number of amides is 1. The van der Waals surface area contributed by atoms with Crippen LogP contribution in [0.25, 0.3) is 0 Å². The molecule has 0 aliphatic heterocycles. The molecule has 0 bridgehead atoms. The molecule has 0 saturated carbocycles. The van der Waals surface area contributed by atoms with E-state index in [0.717, 1.165) is 5.69 Å². The lowest BCUT2D eigenvalue weighted by Gasteiger charge is -2.20. The van der Waals surface area contributed by atoms with Crippen molar-refractivity contribution < 1.29 is 9.53 Å². The molecule has 0 atom stereocenters. The van der Waals surface area contributed by atoms with Crippen LogP contribution in [0.15, 0.2) is 42.7 Å². The Balaban J connectivity index is 2.01. The number of benzene rings is 1. The third-order valence-electron chi connectivity index (χ3n) is 2.94. The number of anilines is 2. The van der Waals surface area contributed by atoms with E-state index in [1.807, 2.05) is 62.8 Å². The van der Waals surface area contributed by atoms with Crippen molar-refractivity contribution >= 4 is 17.5 Å². The maximum atomic E-state index is 11.9. The first kappa shape index (κ1) is 15.9. The van der Waals surface area contributed by atoms with E-state index in [-0.39, 0.29) is 0 Å². The highest BCUT2D eigenvalue weighted by molar-refractivity contribution is 5.89. The molecule has 5 heteroatoms. The summed E-state index contributed by atoms with van der Waals surface area (Å²) >= 11 is 0. The minimum atomic E-state index is -0.517. The van der Waals surface area contributed by atoms with Crippen LogP contribution < -0.4 is 10.6 Å². The van der Waals surface area contributed by atoms with E-state index in [1.165, 1.54) is 5.56 Å². The first-order valence-corrected chi connectivity index (χ1v) is 7.27. The number of carbonyl (C=O) groups excluding carboxylic acids is 1. The summed E-state index contributed by atoms with van der Waals surface area (Å²) in [6, 6.07) is 9.62. The molecule has 0 saturated heterocycles. The van der Waals surface area contributed by atoms with Crippen molar-refractivity contribution in [3.05, 3.63) is 48.3 Å². The van der Waals surface area contributed by atoms with Crippen LogP contribution in [0.2, 0.25) is 0 Å². The number of para-hydroxylation sites is 2. The Bertz CT molecular complexity index is 641. The molecule has 1 amide bonds.